The van der Waals surface area contributed by atoms with Crippen molar-refractivity contribution in [3.63, 3.8) is 0 Å². The number of para-hydroxylation sites is 2. The molecule has 0 radical (unpaired) electrons. The Morgan fingerprint density at radius 2 is 1.82 bits per heavy atom. The first-order valence-corrected chi connectivity index (χ1v) is 11.4. The molecule has 0 spiro atoms. The lowest BCUT2D eigenvalue weighted by Crippen LogP contribution is -2.15. The van der Waals surface area contributed by atoms with E-state index in [1.54, 1.807) is 13.2 Å². The second kappa shape index (κ2) is 10.7. The third-order valence-electron chi connectivity index (χ3n) is 4.93. The van der Waals surface area contributed by atoms with E-state index in [9.17, 15) is 4.79 Å². The number of allylic oxidation sites excluding steroid dienone is 1. The summed E-state index contributed by atoms with van der Waals surface area (Å²) < 4.78 is 13.1. The number of methoxy groups -OCH3 is 1. The SMILES string of the molecule is C=CCn1c(COc2ccccc2OC)nnc1SCC(=O)Nc1cccc2ccccc12. The minimum absolute atomic E-state index is 0.115. The monoisotopic (exact) mass is 460 g/mol. The lowest BCUT2D eigenvalue weighted by molar-refractivity contribution is -0.113. The zero-order valence-corrected chi connectivity index (χ0v) is 19.0. The summed E-state index contributed by atoms with van der Waals surface area (Å²) in [6.07, 6.45) is 1.76. The van der Waals surface area contributed by atoms with Crippen LogP contribution in [0.4, 0.5) is 5.69 Å². The molecule has 1 amide bonds. The quantitative estimate of drug-likeness (QED) is 0.267. The van der Waals surface area contributed by atoms with Crippen LogP contribution >= 0.6 is 11.8 Å². The van der Waals surface area contributed by atoms with Gasteiger partial charge in [0.25, 0.3) is 0 Å². The molecule has 0 saturated heterocycles. The topological polar surface area (TPSA) is 78.3 Å². The first kappa shape index (κ1) is 22.4. The normalized spacial score (nSPS) is 10.7. The molecule has 3 aromatic carbocycles. The first-order valence-electron chi connectivity index (χ1n) is 10.4. The highest BCUT2D eigenvalue weighted by atomic mass is 32.2. The van der Waals surface area contributed by atoms with Crippen LogP contribution < -0.4 is 14.8 Å². The maximum Gasteiger partial charge on any atom is 0.234 e. The Morgan fingerprint density at radius 1 is 1.06 bits per heavy atom. The van der Waals surface area contributed by atoms with Crippen molar-refractivity contribution in [2.75, 3.05) is 18.2 Å². The van der Waals surface area contributed by atoms with Crippen LogP contribution in [0.2, 0.25) is 0 Å². The molecule has 0 unspecified atom stereocenters. The Balaban J connectivity index is 1.42. The standard InChI is InChI=1S/C25H24N4O3S/c1-3-15-29-23(16-32-22-14-7-6-13-21(22)31-2)27-28-25(29)33-17-24(30)26-20-12-8-10-18-9-4-5-11-19(18)20/h3-14H,1,15-17H2,2H3,(H,26,30). The second-order valence-electron chi connectivity index (χ2n) is 7.10. The zero-order chi connectivity index (χ0) is 23.0. The van der Waals surface area contributed by atoms with Gasteiger partial charge in [-0.3, -0.25) is 9.36 Å². The molecule has 0 fully saturated rings. The number of hydrogen-bond donors (Lipinski definition) is 1. The largest absolute Gasteiger partial charge is 0.493 e. The van der Waals surface area contributed by atoms with Crippen LogP contribution in [-0.2, 0) is 17.9 Å². The third kappa shape index (κ3) is 5.35. The van der Waals surface area contributed by atoms with Crippen LogP contribution in [0.25, 0.3) is 10.8 Å². The Bertz CT molecular complexity index is 1270. The van der Waals surface area contributed by atoms with Gasteiger partial charge in [-0.05, 0) is 23.6 Å². The molecule has 33 heavy (non-hydrogen) atoms. The molecule has 1 N–H and O–H groups in total. The third-order valence-corrected chi connectivity index (χ3v) is 5.89. The van der Waals surface area contributed by atoms with Gasteiger partial charge in [0.2, 0.25) is 5.91 Å². The first-order chi connectivity index (χ1) is 16.2. The van der Waals surface area contributed by atoms with Gasteiger partial charge in [-0.2, -0.15) is 0 Å². The minimum Gasteiger partial charge on any atom is -0.493 e. The fraction of sp³-hybridized carbons (Fsp3) is 0.160. The predicted octanol–water partition coefficient (Wildman–Crippen LogP) is 4.94. The minimum atomic E-state index is -0.115. The van der Waals surface area contributed by atoms with E-state index in [1.807, 2.05) is 71.3 Å². The molecule has 0 aliphatic heterocycles. The molecular weight excluding hydrogens is 436 g/mol. The fourth-order valence-corrected chi connectivity index (χ4v) is 4.14. The maximum atomic E-state index is 12.6. The number of amides is 1. The van der Waals surface area contributed by atoms with Gasteiger partial charge >= 0.3 is 0 Å². The number of nitrogens with zero attached hydrogens (tertiary/aromatic N) is 3. The molecule has 168 valence electrons. The average molecular weight is 461 g/mol. The number of benzene rings is 3. The van der Waals surface area contributed by atoms with E-state index >= 15 is 0 Å². The lowest BCUT2D eigenvalue weighted by atomic mass is 10.1. The number of rotatable bonds is 10. The lowest BCUT2D eigenvalue weighted by Gasteiger charge is -2.11. The Kier molecular flexibility index (Phi) is 7.26. The summed E-state index contributed by atoms with van der Waals surface area (Å²) in [4.78, 5) is 12.6. The molecule has 8 heteroatoms. The molecule has 0 aliphatic carbocycles. The zero-order valence-electron chi connectivity index (χ0n) is 18.2. The van der Waals surface area contributed by atoms with Crippen LogP contribution in [0.5, 0.6) is 11.5 Å². The van der Waals surface area contributed by atoms with Gasteiger partial charge in [-0.15, -0.1) is 16.8 Å². The van der Waals surface area contributed by atoms with Crippen molar-refractivity contribution in [2.24, 2.45) is 0 Å². The number of hydrogen-bond acceptors (Lipinski definition) is 6. The molecule has 1 heterocycles. The molecule has 1 aromatic heterocycles. The molecular formula is C25H24N4O3S. The Hall–Kier alpha value is -3.78. The summed E-state index contributed by atoms with van der Waals surface area (Å²) in [5.41, 5.74) is 0.789. The molecule has 4 rings (SSSR count). The Labute approximate surface area is 196 Å². The number of anilines is 1. The fourth-order valence-electron chi connectivity index (χ4n) is 3.38. The summed E-state index contributed by atoms with van der Waals surface area (Å²) in [7, 11) is 1.60. The van der Waals surface area contributed by atoms with Crippen LogP contribution in [0.1, 0.15) is 5.82 Å². The highest BCUT2D eigenvalue weighted by Gasteiger charge is 2.15. The van der Waals surface area contributed by atoms with Crippen molar-refractivity contribution in [3.8, 4) is 11.5 Å². The van der Waals surface area contributed by atoms with Crippen molar-refractivity contribution < 1.29 is 14.3 Å². The van der Waals surface area contributed by atoms with Crippen LogP contribution in [0, 0.1) is 0 Å². The van der Waals surface area contributed by atoms with Crippen molar-refractivity contribution in [1.82, 2.24) is 14.8 Å². The van der Waals surface area contributed by atoms with E-state index in [4.69, 9.17) is 9.47 Å². The number of aromatic nitrogens is 3. The van der Waals surface area contributed by atoms with Gasteiger partial charge in [0.05, 0.1) is 12.9 Å². The summed E-state index contributed by atoms with van der Waals surface area (Å²) in [6.45, 7) is 4.53. The molecule has 0 atom stereocenters. The molecule has 7 nitrogen and oxygen atoms in total. The van der Waals surface area contributed by atoms with E-state index in [-0.39, 0.29) is 18.3 Å². The van der Waals surface area contributed by atoms with Gasteiger partial charge in [0, 0.05) is 17.6 Å². The molecule has 0 saturated carbocycles. The van der Waals surface area contributed by atoms with Crippen LogP contribution in [0.3, 0.4) is 0 Å². The number of fused-ring (bicyclic) bond motifs is 1. The van der Waals surface area contributed by atoms with E-state index in [1.165, 1.54) is 11.8 Å². The van der Waals surface area contributed by atoms with Crippen LogP contribution in [-0.4, -0.2) is 33.5 Å². The van der Waals surface area contributed by atoms with E-state index in [2.05, 4.69) is 22.1 Å². The Morgan fingerprint density at radius 3 is 2.64 bits per heavy atom. The van der Waals surface area contributed by atoms with Crippen molar-refractivity contribution in [1.29, 1.82) is 0 Å². The molecule has 0 bridgehead atoms. The molecule has 0 aliphatic rings. The summed E-state index contributed by atoms with van der Waals surface area (Å²) in [5.74, 6) is 1.99. The summed E-state index contributed by atoms with van der Waals surface area (Å²) in [6, 6.07) is 21.2. The summed E-state index contributed by atoms with van der Waals surface area (Å²) >= 11 is 1.32. The van der Waals surface area contributed by atoms with Crippen LogP contribution in [0.15, 0.2) is 84.5 Å². The smallest absolute Gasteiger partial charge is 0.234 e. The molecule has 4 aromatic rings. The van der Waals surface area contributed by atoms with E-state index < -0.39 is 0 Å². The maximum absolute atomic E-state index is 12.6. The number of nitrogens with one attached hydrogen (secondary N) is 1. The van der Waals surface area contributed by atoms with Gasteiger partial charge in [-0.25, -0.2) is 0 Å². The van der Waals surface area contributed by atoms with Gasteiger partial charge < -0.3 is 14.8 Å². The van der Waals surface area contributed by atoms with Crippen molar-refractivity contribution >= 4 is 34.1 Å². The van der Waals surface area contributed by atoms with Gasteiger partial charge in [-0.1, -0.05) is 66.4 Å². The number of ether oxygens (including phenoxy) is 2. The highest BCUT2D eigenvalue weighted by Crippen LogP contribution is 2.27. The number of carbonyl (C=O) groups is 1. The van der Waals surface area contributed by atoms with E-state index in [0.717, 1.165) is 16.5 Å². The summed E-state index contributed by atoms with van der Waals surface area (Å²) in [5, 5.41) is 14.2. The van der Waals surface area contributed by atoms with E-state index in [0.29, 0.717) is 29.0 Å². The van der Waals surface area contributed by atoms with Crippen molar-refractivity contribution in [3.05, 3.63) is 85.2 Å². The van der Waals surface area contributed by atoms with Gasteiger partial charge in [0.1, 0.15) is 6.61 Å². The predicted molar refractivity (Wildman–Crippen MR) is 131 cm³/mol. The average Bonchev–Trinajstić information content (AvgIpc) is 3.23. The van der Waals surface area contributed by atoms with Gasteiger partial charge in [0.15, 0.2) is 22.5 Å². The second-order valence-corrected chi connectivity index (χ2v) is 8.04. The van der Waals surface area contributed by atoms with Crippen molar-refractivity contribution in [2.45, 2.75) is 18.3 Å². The highest BCUT2D eigenvalue weighted by molar-refractivity contribution is 7.99. The number of thioether (sulfide) groups is 1. The number of carbonyl (C=O) groups excluding carboxylic acids is 1.